The molecule has 0 spiro atoms. The van der Waals surface area contributed by atoms with Gasteiger partial charge in [-0.2, -0.15) is 18.1 Å². The molecule has 1 atom stereocenters. The van der Waals surface area contributed by atoms with Crippen molar-refractivity contribution in [1.29, 1.82) is 0 Å². The molecule has 0 N–H and O–H groups in total. The Bertz CT molecular complexity index is 318. The Labute approximate surface area is 78.7 Å². The first-order valence-electron chi connectivity index (χ1n) is 3.95. The number of hydrogen-bond donors (Lipinski definition) is 0. The molecule has 0 saturated carbocycles. The van der Waals surface area contributed by atoms with E-state index in [1.165, 1.54) is 19.1 Å². The fourth-order valence-corrected chi connectivity index (χ4v) is 1.01. The van der Waals surface area contributed by atoms with Gasteiger partial charge in [-0.25, -0.2) is 0 Å². The van der Waals surface area contributed by atoms with Gasteiger partial charge in [0.1, 0.15) is 6.04 Å². The molecule has 0 aliphatic carbocycles. The molecule has 5 heteroatoms. The van der Waals surface area contributed by atoms with Crippen molar-refractivity contribution in [3.8, 4) is 0 Å². The van der Waals surface area contributed by atoms with Crippen LogP contribution in [-0.2, 0) is 6.18 Å². The van der Waals surface area contributed by atoms with Gasteiger partial charge in [-0.15, -0.1) is 0 Å². The van der Waals surface area contributed by atoms with Gasteiger partial charge in [0.25, 0.3) is 0 Å². The molecular weight excluding hydrogens is 195 g/mol. The lowest BCUT2D eigenvalue weighted by Crippen LogP contribution is -2.04. The van der Waals surface area contributed by atoms with E-state index >= 15 is 0 Å². The van der Waals surface area contributed by atoms with Crippen molar-refractivity contribution in [2.75, 3.05) is 0 Å². The zero-order chi connectivity index (χ0) is 10.8. The third kappa shape index (κ3) is 2.31. The molecule has 76 valence electrons. The molecule has 1 aromatic carbocycles. The summed E-state index contributed by atoms with van der Waals surface area (Å²) in [6.07, 6.45) is -4.34. The smallest absolute Gasteiger partial charge is 0.166 e. The molecule has 0 fully saturated rings. The van der Waals surface area contributed by atoms with Crippen LogP contribution in [0.25, 0.3) is 0 Å². The standard InChI is InChI=1S/C9H8F3NO/c1-6(13-14)7-2-4-8(5-3-7)9(10,11)12/h2-6H,1H3. The highest BCUT2D eigenvalue weighted by molar-refractivity contribution is 5.26. The second-order valence-electron chi connectivity index (χ2n) is 2.90. The van der Waals surface area contributed by atoms with E-state index in [2.05, 4.69) is 5.18 Å². The zero-order valence-corrected chi connectivity index (χ0v) is 7.38. The number of nitroso groups, excluding NO2 is 1. The number of halogens is 3. The van der Waals surface area contributed by atoms with Crippen molar-refractivity contribution >= 4 is 0 Å². The highest BCUT2D eigenvalue weighted by Gasteiger charge is 2.30. The fraction of sp³-hybridized carbons (Fsp3) is 0.333. The second kappa shape index (κ2) is 3.77. The molecule has 0 aliphatic rings. The summed E-state index contributed by atoms with van der Waals surface area (Å²) >= 11 is 0. The third-order valence-corrected chi connectivity index (χ3v) is 1.88. The Balaban J connectivity index is 2.95. The molecule has 0 radical (unpaired) electrons. The maximum Gasteiger partial charge on any atom is 0.416 e. The van der Waals surface area contributed by atoms with Crippen LogP contribution in [0.4, 0.5) is 13.2 Å². The summed E-state index contributed by atoms with van der Waals surface area (Å²) in [5.74, 6) is 0. The van der Waals surface area contributed by atoms with Gasteiger partial charge in [-0.1, -0.05) is 17.3 Å². The number of hydrogen-bond acceptors (Lipinski definition) is 2. The van der Waals surface area contributed by atoms with Crippen LogP contribution in [0.15, 0.2) is 29.4 Å². The molecule has 2 nitrogen and oxygen atoms in total. The van der Waals surface area contributed by atoms with Gasteiger partial charge in [0.15, 0.2) is 0 Å². The minimum atomic E-state index is -4.34. The lowest BCUT2D eigenvalue weighted by Gasteiger charge is -2.08. The van der Waals surface area contributed by atoms with E-state index in [0.717, 1.165) is 12.1 Å². The van der Waals surface area contributed by atoms with Gasteiger partial charge >= 0.3 is 6.18 Å². The molecule has 0 aliphatic heterocycles. The van der Waals surface area contributed by atoms with Gasteiger partial charge in [0.05, 0.1) is 5.56 Å². The fourth-order valence-electron chi connectivity index (χ4n) is 1.01. The highest BCUT2D eigenvalue weighted by atomic mass is 19.4. The van der Waals surface area contributed by atoms with Crippen LogP contribution in [0.5, 0.6) is 0 Å². The topological polar surface area (TPSA) is 29.4 Å². The molecule has 1 unspecified atom stereocenters. The molecule has 0 bridgehead atoms. The summed E-state index contributed by atoms with van der Waals surface area (Å²) in [6, 6.07) is 3.79. The van der Waals surface area contributed by atoms with E-state index < -0.39 is 17.8 Å². The SMILES string of the molecule is CC(N=O)c1ccc(C(F)(F)F)cc1. The van der Waals surface area contributed by atoms with Crippen LogP contribution < -0.4 is 0 Å². The van der Waals surface area contributed by atoms with Crippen LogP contribution in [0.2, 0.25) is 0 Å². The maximum absolute atomic E-state index is 12.1. The van der Waals surface area contributed by atoms with Crippen molar-refractivity contribution in [2.45, 2.75) is 19.1 Å². The van der Waals surface area contributed by atoms with Gasteiger partial charge < -0.3 is 0 Å². The van der Waals surface area contributed by atoms with Crippen molar-refractivity contribution in [3.05, 3.63) is 40.3 Å². The van der Waals surface area contributed by atoms with Gasteiger partial charge in [0.2, 0.25) is 0 Å². The molecule has 0 amide bonds. The van der Waals surface area contributed by atoms with E-state index in [1.54, 1.807) is 0 Å². The molecule has 0 heterocycles. The Morgan fingerprint density at radius 1 is 1.21 bits per heavy atom. The predicted octanol–water partition coefficient (Wildman–Crippen LogP) is 3.53. The van der Waals surface area contributed by atoms with Crippen molar-refractivity contribution in [3.63, 3.8) is 0 Å². The minimum Gasteiger partial charge on any atom is -0.166 e. The molecule has 0 saturated heterocycles. The summed E-state index contributed by atoms with van der Waals surface area (Å²) in [5, 5.41) is 2.72. The Hall–Kier alpha value is -1.39. The summed E-state index contributed by atoms with van der Waals surface area (Å²) in [4.78, 5) is 10.1. The van der Waals surface area contributed by atoms with Crippen LogP contribution in [-0.4, -0.2) is 0 Å². The van der Waals surface area contributed by atoms with Gasteiger partial charge in [-0.3, -0.25) is 0 Å². The maximum atomic E-state index is 12.1. The number of rotatable bonds is 2. The molecular formula is C9H8F3NO. The van der Waals surface area contributed by atoms with Crippen LogP contribution in [0.1, 0.15) is 24.1 Å². The van der Waals surface area contributed by atoms with E-state index in [-0.39, 0.29) is 0 Å². The van der Waals surface area contributed by atoms with Crippen LogP contribution in [0.3, 0.4) is 0 Å². The molecule has 1 rings (SSSR count). The van der Waals surface area contributed by atoms with Crippen molar-refractivity contribution in [1.82, 2.24) is 0 Å². The summed E-state index contributed by atoms with van der Waals surface area (Å²) in [7, 11) is 0. The van der Waals surface area contributed by atoms with E-state index in [1.807, 2.05) is 0 Å². The molecule has 14 heavy (non-hydrogen) atoms. The normalized spacial score (nSPS) is 13.7. The Morgan fingerprint density at radius 3 is 2.07 bits per heavy atom. The first-order valence-corrected chi connectivity index (χ1v) is 3.95. The van der Waals surface area contributed by atoms with Crippen molar-refractivity contribution < 1.29 is 13.2 Å². The number of alkyl halides is 3. The molecule has 1 aromatic rings. The summed E-state index contributed by atoms with van der Waals surface area (Å²) < 4.78 is 36.4. The average Bonchev–Trinajstić information content (AvgIpc) is 2.15. The third-order valence-electron chi connectivity index (χ3n) is 1.88. The minimum absolute atomic E-state index is 0.480. The highest BCUT2D eigenvalue weighted by Crippen LogP contribution is 2.30. The van der Waals surface area contributed by atoms with E-state index in [0.29, 0.717) is 5.56 Å². The van der Waals surface area contributed by atoms with Crippen LogP contribution >= 0.6 is 0 Å². The quantitative estimate of drug-likeness (QED) is 0.676. The average molecular weight is 203 g/mol. The zero-order valence-electron chi connectivity index (χ0n) is 7.38. The monoisotopic (exact) mass is 203 g/mol. The Kier molecular flexibility index (Phi) is 2.88. The Morgan fingerprint density at radius 2 is 1.71 bits per heavy atom. The second-order valence-corrected chi connectivity index (χ2v) is 2.90. The van der Waals surface area contributed by atoms with Gasteiger partial charge in [0, 0.05) is 0 Å². The van der Waals surface area contributed by atoms with Crippen LogP contribution in [0, 0.1) is 4.91 Å². The summed E-state index contributed by atoms with van der Waals surface area (Å²) in [5.41, 5.74) is -0.243. The lowest BCUT2D eigenvalue weighted by atomic mass is 10.1. The first kappa shape index (κ1) is 10.7. The predicted molar refractivity (Wildman–Crippen MR) is 45.7 cm³/mol. The van der Waals surface area contributed by atoms with E-state index in [4.69, 9.17) is 0 Å². The summed E-state index contributed by atoms with van der Waals surface area (Å²) in [6.45, 7) is 1.52. The molecule has 0 aromatic heterocycles. The van der Waals surface area contributed by atoms with Crippen molar-refractivity contribution in [2.24, 2.45) is 5.18 Å². The van der Waals surface area contributed by atoms with Gasteiger partial charge in [-0.05, 0) is 24.6 Å². The largest absolute Gasteiger partial charge is 0.416 e. The lowest BCUT2D eigenvalue weighted by molar-refractivity contribution is -0.137. The first-order chi connectivity index (χ1) is 6.45. The van der Waals surface area contributed by atoms with E-state index in [9.17, 15) is 18.1 Å². The number of benzene rings is 1. The number of nitrogens with zero attached hydrogens (tertiary/aromatic N) is 1.